The number of carbonyl (C=O) groups excluding carboxylic acids is 4. The molecular weight excluding hydrogens is 681 g/mol. The van der Waals surface area contributed by atoms with Gasteiger partial charge in [0.1, 0.15) is 13.2 Å². The third-order valence-electron chi connectivity index (χ3n) is 9.24. The monoisotopic (exact) mass is 746 g/mol. The molecule has 0 radical (unpaired) electrons. The van der Waals surface area contributed by atoms with Crippen molar-refractivity contribution in [2.45, 2.75) is 118 Å². The number of methoxy groups -OCH3 is 1. The maximum Gasteiger partial charge on any atom is 0.407 e. The van der Waals surface area contributed by atoms with Crippen molar-refractivity contribution in [1.82, 2.24) is 21.3 Å². The second kappa shape index (κ2) is 21.6. The van der Waals surface area contributed by atoms with E-state index in [0.29, 0.717) is 45.1 Å². The standard InChI is InChI=1S/C36H66N4O8S2/c1-27(41)39-28-19-33(2,3)23-35(6,21-28)25-38-32(44)47-15-16-49-17-18-50-48-12-10-9-11-30(42)40-29-20-34(4,5)24-36(7,22-29)26-37-31(43)46-14-13-45-8/h28-29H,9-26H2,1-8H3,(H,37,43)(H,38,44)(H,39,41)(H,40,42). The van der Waals surface area contributed by atoms with Gasteiger partial charge in [-0.3, -0.25) is 9.59 Å². The van der Waals surface area contributed by atoms with E-state index < -0.39 is 12.2 Å². The van der Waals surface area contributed by atoms with Crippen LogP contribution in [0.2, 0.25) is 0 Å². The molecule has 0 spiro atoms. The molecule has 0 heterocycles. The van der Waals surface area contributed by atoms with Crippen LogP contribution in [0.25, 0.3) is 0 Å². The average molecular weight is 747 g/mol. The quantitative estimate of drug-likeness (QED) is 0.0804. The largest absolute Gasteiger partial charge is 0.449 e. The summed E-state index contributed by atoms with van der Waals surface area (Å²) in [4.78, 5) is 48.7. The number of alkyl carbamates (subject to hydrolysis) is 2. The zero-order valence-electron chi connectivity index (χ0n) is 32.0. The molecule has 4 atom stereocenters. The average Bonchev–Trinajstić information content (AvgIpc) is 2.97. The maximum absolute atomic E-state index is 12.7. The molecule has 0 aromatic carbocycles. The zero-order valence-corrected chi connectivity index (χ0v) is 33.6. The lowest BCUT2D eigenvalue weighted by Gasteiger charge is -2.46. The number of rotatable bonds is 21. The molecule has 4 amide bonds. The first-order valence-corrected chi connectivity index (χ1v) is 20.2. The van der Waals surface area contributed by atoms with Crippen molar-refractivity contribution in [3.8, 4) is 0 Å². The third-order valence-corrected chi connectivity index (χ3v) is 11.1. The summed E-state index contributed by atoms with van der Waals surface area (Å²) in [6, 6.07) is 0.179. The van der Waals surface area contributed by atoms with Gasteiger partial charge < -0.3 is 39.7 Å². The van der Waals surface area contributed by atoms with Gasteiger partial charge in [-0.1, -0.05) is 41.5 Å². The van der Waals surface area contributed by atoms with Crippen LogP contribution >= 0.6 is 23.8 Å². The minimum absolute atomic E-state index is 0.0159. The number of ether oxygens (including phenoxy) is 3. The van der Waals surface area contributed by atoms with E-state index in [1.54, 1.807) is 25.8 Å². The number of thioether (sulfide) groups is 1. The molecule has 2 fully saturated rings. The lowest BCUT2D eigenvalue weighted by atomic mass is 9.62. The Morgan fingerprint density at radius 2 is 1.24 bits per heavy atom. The molecule has 290 valence electrons. The molecule has 2 aliphatic carbocycles. The molecule has 0 saturated heterocycles. The van der Waals surface area contributed by atoms with Crippen molar-refractivity contribution < 1.29 is 37.6 Å². The highest BCUT2D eigenvalue weighted by atomic mass is 32.2. The predicted molar refractivity (Wildman–Crippen MR) is 201 cm³/mol. The Bertz CT molecular complexity index is 1080. The van der Waals surface area contributed by atoms with Gasteiger partial charge in [-0.25, -0.2) is 9.59 Å². The highest BCUT2D eigenvalue weighted by Crippen LogP contribution is 2.46. The summed E-state index contributed by atoms with van der Waals surface area (Å²) in [7, 11) is 1.56. The minimum Gasteiger partial charge on any atom is -0.449 e. The van der Waals surface area contributed by atoms with Gasteiger partial charge >= 0.3 is 12.2 Å². The topological polar surface area (TPSA) is 153 Å². The van der Waals surface area contributed by atoms with Crippen LogP contribution < -0.4 is 21.3 Å². The molecule has 0 aromatic rings. The van der Waals surface area contributed by atoms with E-state index in [2.05, 4.69) is 62.8 Å². The Morgan fingerprint density at radius 1 is 0.680 bits per heavy atom. The number of carbonyl (C=O) groups is 4. The lowest BCUT2D eigenvalue weighted by molar-refractivity contribution is -0.123. The van der Waals surface area contributed by atoms with Crippen LogP contribution in [0.3, 0.4) is 0 Å². The fourth-order valence-electron chi connectivity index (χ4n) is 8.17. The molecule has 0 bridgehead atoms. The third kappa shape index (κ3) is 19.1. The van der Waals surface area contributed by atoms with E-state index in [1.165, 1.54) is 12.0 Å². The molecule has 12 nitrogen and oxygen atoms in total. The van der Waals surface area contributed by atoms with Crippen LogP contribution in [0.4, 0.5) is 9.59 Å². The first kappa shape index (κ1) is 44.3. The van der Waals surface area contributed by atoms with Crippen molar-refractivity contribution in [3.63, 3.8) is 0 Å². The summed E-state index contributed by atoms with van der Waals surface area (Å²) < 4.78 is 21.1. The van der Waals surface area contributed by atoms with E-state index in [-0.39, 0.29) is 52.2 Å². The molecule has 0 aromatic heterocycles. The zero-order chi connectivity index (χ0) is 37.3. The summed E-state index contributed by atoms with van der Waals surface area (Å²) in [5, 5.41) is 12.1. The Labute approximate surface area is 309 Å². The predicted octanol–water partition coefficient (Wildman–Crippen LogP) is 6.08. The number of amides is 4. The van der Waals surface area contributed by atoms with E-state index in [0.717, 1.165) is 62.9 Å². The molecule has 14 heteroatoms. The summed E-state index contributed by atoms with van der Waals surface area (Å²) in [5.41, 5.74) is -0.117. The fourth-order valence-corrected chi connectivity index (χ4v) is 9.67. The molecule has 2 saturated carbocycles. The molecule has 0 aliphatic heterocycles. The van der Waals surface area contributed by atoms with Gasteiger partial charge in [0.25, 0.3) is 0 Å². The van der Waals surface area contributed by atoms with Crippen LogP contribution in [0.15, 0.2) is 0 Å². The summed E-state index contributed by atoms with van der Waals surface area (Å²) in [5.74, 6) is 2.48. The van der Waals surface area contributed by atoms with Gasteiger partial charge in [-0.15, -0.1) is 0 Å². The number of hydrogen-bond donors (Lipinski definition) is 4. The fraction of sp³-hybridized carbons (Fsp3) is 0.889. The van der Waals surface area contributed by atoms with Crippen molar-refractivity contribution in [2.75, 3.05) is 63.9 Å². The molecule has 4 unspecified atom stereocenters. The second-order valence-corrected chi connectivity index (χ2v) is 18.6. The van der Waals surface area contributed by atoms with Gasteiger partial charge in [0.05, 0.1) is 13.2 Å². The Hall–Kier alpha value is -1.90. The first-order valence-electron chi connectivity index (χ1n) is 18.1. The SMILES string of the molecule is COCCOC(=O)NCC1(C)CC(NC(=O)CCCCOSCCSCCOC(=O)NCC2(C)CC(NC(C)=O)CC(C)(C)C2)CC(C)(C)C1. The van der Waals surface area contributed by atoms with Crippen molar-refractivity contribution in [3.05, 3.63) is 0 Å². The Kier molecular flexibility index (Phi) is 19.1. The van der Waals surface area contributed by atoms with Gasteiger partial charge in [0.15, 0.2) is 0 Å². The number of unbranched alkanes of at least 4 members (excludes halogenated alkanes) is 1. The number of hydrogen-bond acceptors (Lipinski definition) is 10. The molecule has 4 N–H and O–H groups in total. The minimum atomic E-state index is -0.442. The Morgan fingerprint density at radius 3 is 1.80 bits per heavy atom. The number of nitrogens with one attached hydrogen (secondary N) is 4. The summed E-state index contributed by atoms with van der Waals surface area (Å²) in [6.07, 6.45) is 6.59. The summed E-state index contributed by atoms with van der Waals surface area (Å²) >= 11 is 3.14. The van der Waals surface area contributed by atoms with Crippen LogP contribution in [0.1, 0.15) is 106 Å². The van der Waals surface area contributed by atoms with Gasteiger partial charge in [-0.2, -0.15) is 11.8 Å². The maximum atomic E-state index is 12.7. The van der Waals surface area contributed by atoms with Crippen molar-refractivity contribution in [1.29, 1.82) is 0 Å². The van der Waals surface area contributed by atoms with Crippen LogP contribution in [0.5, 0.6) is 0 Å². The second-order valence-electron chi connectivity index (χ2n) is 16.5. The van der Waals surface area contributed by atoms with Gasteiger partial charge in [0, 0.05) is 62.9 Å². The molecule has 2 rings (SSSR count). The molecule has 50 heavy (non-hydrogen) atoms. The first-order chi connectivity index (χ1) is 23.4. The lowest BCUT2D eigenvalue weighted by Crippen LogP contribution is -2.50. The van der Waals surface area contributed by atoms with Crippen molar-refractivity contribution >= 4 is 47.8 Å². The van der Waals surface area contributed by atoms with Crippen molar-refractivity contribution in [2.24, 2.45) is 21.7 Å². The van der Waals surface area contributed by atoms with Gasteiger partial charge in [0.2, 0.25) is 11.8 Å². The Balaban J connectivity index is 1.49. The highest BCUT2D eigenvalue weighted by molar-refractivity contribution is 8.01. The van der Waals surface area contributed by atoms with Crippen LogP contribution in [-0.2, 0) is 28.0 Å². The van der Waals surface area contributed by atoms with Crippen LogP contribution in [-0.4, -0.2) is 100.0 Å². The van der Waals surface area contributed by atoms with E-state index in [9.17, 15) is 19.2 Å². The van der Waals surface area contributed by atoms with E-state index in [1.807, 2.05) is 0 Å². The molecule has 2 aliphatic rings. The van der Waals surface area contributed by atoms with E-state index in [4.69, 9.17) is 18.4 Å². The summed E-state index contributed by atoms with van der Waals surface area (Å²) in [6.45, 7) is 17.3. The molecular formula is C36H66N4O8S2. The van der Waals surface area contributed by atoms with Crippen LogP contribution in [0, 0.1) is 21.7 Å². The highest BCUT2D eigenvalue weighted by Gasteiger charge is 2.43. The normalized spacial score (nSPS) is 25.6. The van der Waals surface area contributed by atoms with Gasteiger partial charge in [-0.05, 0) is 85.1 Å². The smallest absolute Gasteiger partial charge is 0.407 e. The van der Waals surface area contributed by atoms with E-state index >= 15 is 0 Å².